The second-order valence-corrected chi connectivity index (χ2v) is 6.08. The molecular weight excluding hydrogens is 244 g/mol. The van der Waals surface area contributed by atoms with Crippen LogP contribution in [0.3, 0.4) is 0 Å². The first-order valence-electron chi connectivity index (χ1n) is 6.80. The SMILES string of the molecule is CC(C)(C)c1noc(C(=O)NCC2CCNCC2)n1. The smallest absolute Gasteiger partial charge is 0.315 e. The Balaban J connectivity index is 1.87. The summed E-state index contributed by atoms with van der Waals surface area (Å²) in [5.74, 6) is 0.870. The molecule has 1 aliphatic heterocycles. The molecule has 0 atom stereocenters. The molecule has 0 radical (unpaired) electrons. The average Bonchev–Trinajstić information content (AvgIpc) is 2.87. The van der Waals surface area contributed by atoms with Gasteiger partial charge in [0, 0.05) is 12.0 Å². The van der Waals surface area contributed by atoms with Gasteiger partial charge in [-0.1, -0.05) is 25.9 Å². The maximum Gasteiger partial charge on any atom is 0.315 e. The van der Waals surface area contributed by atoms with E-state index in [2.05, 4.69) is 20.8 Å². The summed E-state index contributed by atoms with van der Waals surface area (Å²) in [7, 11) is 0. The number of aromatic nitrogens is 2. The van der Waals surface area contributed by atoms with Crippen LogP contribution in [0.1, 0.15) is 50.1 Å². The van der Waals surface area contributed by atoms with Gasteiger partial charge in [-0.25, -0.2) is 0 Å². The molecule has 1 saturated heterocycles. The van der Waals surface area contributed by atoms with Gasteiger partial charge in [0.2, 0.25) is 0 Å². The molecule has 1 aromatic rings. The van der Waals surface area contributed by atoms with Gasteiger partial charge in [0.05, 0.1) is 0 Å². The largest absolute Gasteiger partial charge is 0.348 e. The van der Waals surface area contributed by atoms with Crippen molar-refractivity contribution in [1.29, 1.82) is 0 Å². The molecule has 0 aliphatic carbocycles. The number of carbonyl (C=O) groups excluding carboxylic acids is 1. The Labute approximate surface area is 113 Å². The maximum atomic E-state index is 11.9. The van der Waals surface area contributed by atoms with E-state index in [4.69, 9.17) is 4.52 Å². The summed E-state index contributed by atoms with van der Waals surface area (Å²) in [6, 6.07) is 0. The summed E-state index contributed by atoms with van der Waals surface area (Å²) in [4.78, 5) is 16.0. The number of piperidine rings is 1. The summed E-state index contributed by atoms with van der Waals surface area (Å²) >= 11 is 0. The highest BCUT2D eigenvalue weighted by molar-refractivity contribution is 5.89. The lowest BCUT2D eigenvalue weighted by Crippen LogP contribution is -2.36. The second kappa shape index (κ2) is 5.69. The van der Waals surface area contributed by atoms with E-state index < -0.39 is 0 Å². The van der Waals surface area contributed by atoms with Gasteiger partial charge in [-0.3, -0.25) is 4.79 Å². The molecule has 0 saturated carbocycles. The summed E-state index contributed by atoms with van der Waals surface area (Å²) in [6.45, 7) is 8.66. The lowest BCUT2D eigenvalue weighted by molar-refractivity contribution is 0.0900. The van der Waals surface area contributed by atoms with E-state index >= 15 is 0 Å². The fourth-order valence-electron chi connectivity index (χ4n) is 2.02. The van der Waals surface area contributed by atoms with Crippen molar-refractivity contribution in [1.82, 2.24) is 20.8 Å². The van der Waals surface area contributed by atoms with Gasteiger partial charge < -0.3 is 15.2 Å². The zero-order chi connectivity index (χ0) is 13.9. The minimum atomic E-state index is -0.276. The molecule has 2 rings (SSSR count). The fourth-order valence-corrected chi connectivity index (χ4v) is 2.02. The maximum absolute atomic E-state index is 11.9. The number of nitrogens with zero attached hydrogens (tertiary/aromatic N) is 2. The Bertz CT molecular complexity index is 430. The third-order valence-electron chi connectivity index (χ3n) is 3.30. The molecule has 0 spiro atoms. The zero-order valence-corrected chi connectivity index (χ0v) is 11.8. The minimum Gasteiger partial charge on any atom is -0.348 e. The molecule has 6 nitrogen and oxygen atoms in total. The van der Waals surface area contributed by atoms with Gasteiger partial charge in [0.15, 0.2) is 5.82 Å². The highest BCUT2D eigenvalue weighted by Crippen LogP contribution is 2.18. The predicted octanol–water partition coefficient (Wildman–Crippen LogP) is 1.10. The molecule has 6 heteroatoms. The van der Waals surface area contributed by atoms with Crippen LogP contribution in [-0.4, -0.2) is 35.7 Å². The van der Waals surface area contributed by atoms with Crippen LogP contribution in [0, 0.1) is 5.92 Å². The summed E-state index contributed by atoms with van der Waals surface area (Å²) in [5.41, 5.74) is -0.211. The van der Waals surface area contributed by atoms with Crippen molar-refractivity contribution in [3.63, 3.8) is 0 Å². The predicted molar refractivity (Wildman–Crippen MR) is 70.9 cm³/mol. The molecule has 1 aromatic heterocycles. The summed E-state index contributed by atoms with van der Waals surface area (Å²) < 4.78 is 5.01. The monoisotopic (exact) mass is 266 g/mol. The van der Waals surface area contributed by atoms with Crippen molar-refractivity contribution >= 4 is 5.91 Å². The lowest BCUT2D eigenvalue weighted by Gasteiger charge is -2.22. The Hall–Kier alpha value is -1.43. The van der Waals surface area contributed by atoms with Gasteiger partial charge in [-0.15, -0.1) is 0 Å². The Morgan fingerprint density at radius 3 is 2.68 bits per heavy atom. The van der Waals surface area contributed by atoms with Crippen molar-refractivity contribution in [3.8, 4) is 0 Å². The van der Waals surface area contributed by atoms with Gasteiger partial charge in [0.1, 0.15) is 0 Å². The number of nitrogens with one attached hydrogen (secondary N) is 2. The van der Waals surface area contributed by atoms with E-state index in [1.807, 2.05) is 20.8 Å². The number of rotatable bonds is 3. The van der Waals surface area contributed by atoms with Crippen molar-refractivity contribution in [2.24, 2.45) is 5.92 Å². The first-order valence-corrected chi connectivity index (χ1v) is 6.80. The second-order valence-electron chi connectivity index (χ2n) is 6.08. The van der Waals surface area contributed by atoms with Crippen LogP contribution >= 0.6 is 0 Å². The number of hydrogen-bond acceptors (Lipinski definition) is 5. The molecule has 2 heterocycles. The minimum absolute atomic E-state index is 0.0545. The van der Waals surface area contributed by atoms with Crippen LogP contribution in [0.2, 0.25) is 0 Å². The first-order chi connectivity index (χ1) is 8.97. The first kappa shape index (κ1) is 14.0. The highest BCUT2D eigenvalue weighted by Gasteiger charge is 2.24. The molecular formula is C13H22N4O2. The topological polar surface area (TPSA) is 80.0 Å². The van der Waals surface area contributed by atoms with Crippen LogP contribution in [-0.2, 0) is 5.41 Å². The third kappa shape index (κ3) is 3.76. The zero-order valence-electron chi connectivity index (χ0n) is 11.8. The fraction of sp³-hybridized carbons (Fsp3) is 0.769. The van der Waals surface area contributed by atoms with Gasteiger partial charge >= 0.3 is 11.8 Å². The third-order valence-corrected chi connectivity index (χ3v) is 3.30. The summed E-state index contributed by atoms with van der Waals surface area (Å²) in [5, 5.41) is 10.0. The quantitative estimate of drug-likeness (QED) is 0.856. The van der Waals surface area contributed by atoms with Crippen molar-refractivity contribution in [2.75, 3.05) is 19.6 Å². The van der Waals surface area contributed by atoms with Crippen LogP contribution < -0.4 is 10.6 Å². The van der Waals surface area contributed by atoms with Crippen LogP contribution in [0.4, 0.5) is 0 Å². The molecule has 19 heavy (non-hydrogen) atoms. The molecule has 1 aliphatic rings. The van der Waals surface area contributed by atoms with E-state index in [9.17, 15) is 4.79 Å². The Morgan fingerprint density at radius 2 is 2.11 bits per heavy atom. The average molecular weight is 266 g/mol. The van der Waals surface area contributed by atoms with Crippen molar-refractivity contribution < 1.29 is 9.32 Å². The van der Waals surface area contributed by atoms with E-state index in [0.29, 0.717) is 18.3 Å². The van der Waals surface area contributed by atoms with Crippen LogP contribution in [0.15, 0.2) is 4.52 Å². The Kier molecular flexibility index (Phi) is 4.19. The highest BCUT2D eigenvalue weighted by atomic mass is 16.5. The molecule has 0 bridgehead atoms. The molecule has 2 N–H and O–H groups in total. The Morgan fingerprint density at radius 1 is 1.42 bits per heavy atom. The molecule has 1 amide bonds. The summed E-state index contributed by atoms with van der Waals surface area (Å²) in [6.07, 6.45) is 2.19. The van der Waals surface area contributed by atoms with E-state index in [1.165, 1.54) is 0 Å². The van der Waals surface area contributed by atoms with Gasteiger partial charge in [-0.05, 0) is 31.8 Å². The van der Waals surface area contributed by atoms with Crippen molar-refractivity contribution in [3.05, 3.63) is 11.7 Å². The number of hydrogen-bond donors (Lipinski definition) is 2. The molecule has 106 valence electrons. The molecule has 0 unspecified atom stereocenters. The standard InChI is InChI=1S/C13H22N4O2/c1-13(2,3)12-16-11(19-17-12)10(18)15-8-9-4-6-14-7-5-9/h9,14H,4-8H2,1-3H3,(H,15,18). The lowest BCUT2D eigenvalue weighted by atomic mass is 9.96. The van der Waals surface area contributed by atoms with Crippen LogP contribution in [0.5, 0.6) is 0 Å². The van der Waals surface area contributed by atoms with E-state index in [0.717, 1.165) is 25.9 Å². The number of carbonyl (C=O) groups is 1. The normalized spacial score (nSPS) is 17.4. The van der Waals surface area contributed by atoms with Gasteiger partial charge in [-0.2, -0.15) is 4.98 Å². The van der Waals surface area contributed by atoms with Gasteiger partial charge in [0.25, 0.3) is 0 Å². The molecule has 1 fully saturated rings. The van der Waals surface area contributed by atoms with Crippen molar-refractivity contribution in [2.45, 2.75) is 39.0 Å². The van der Waals surface area contributed by atoms with E-state index in [-0.39, 0.29) is 17.2 Å². The van der Waals surface area contributed by atoms with Crippen LogP contribution in [0.25, 0.3) is 0 Å². The molecule has 0 aromatic carbocycles. The van der Waals surface area contributed by atoms with E-state index in [1.54, 1.807) is 0 Å². The number of amides is 1.